The highest BCUT2D eigenvalue weighted by Gasteiger charge is 2.09. The van der Waals surface area contributed by atoms with Crippen LogP contribution in [0.15, 0.2) is 72.5 Å². The van der Waals surface area contributed by atoms with Gasteiger partial charge in [0.1, 0.15) is 0 Å². The van der Waals surface area contributed by atoms with Crippen molar-refractivity contribution in [3.05, 3.63) is 94.8 Å². The lowest BCUT2D eigenvalue weighted by atomic mass is 10.00. The van der Waals surface area contributed by atoms with Gasteiger partial charge in [-0.3, -0.25) is 0 Å². The van der Waals surface area contributed by atoms with Crippen LogP contribution in [-0.4, -0.2) is 20.3 Å². The molecule has 1 N–H and O–H groups in total. The van der Waals surface area contributed by atoms with Crippen molar-refractivity contribution < 1.29 is 9.47 Å². The maximum Gasteiger partial charge on any atom is 0.0910 e. The Labute approximate surface area is 213 Å². The molecule has 4 rings (SSSR count). The van der Waals surface area contributed by atoms with Crippen LogP contribution >= 0.6 is 0 Å². The summed E-state index contributed by atoms with van der Waals surface area (Å²) in [6.07, 6.45) is 7.60. The van der Waals surface area contributed by atoms with Crippen molar-refractivity contribution in [1.82, 2.24) is 0 Å². The molecule has 0 spiro atoms. The summed E-state index contributed by atoms with van der Waals surface area (Å²) in [7, 11) is 3.32. The highest BCUT2D eigenvalue weighted by molar-refractivity contribution is 5.96. The van der Waals surface area contributed by atoms with Crippen molar-refractivity contribution in [2.24, 2.45) is 0 Å². The maximum atomic E-state index is 4.97. The van der Waals surface area contributed by atoms with Gasteiger partial charge in [0.25, 0.3) is 0 Å². The van der Waals surface area contributed by atoms with Crippen LogP contribution in [-0.2, 0) is 22.4 Å². The number of fused-ring (bicyclic) bond motifs is 4. The monoisotopic (exact) mass is 475 g/mol. The zero-order valence-electron chi connectivity index (χ0n) is 23.2. The predicted octanol–water partition coefficient (Wildman–Crippen LogP) is 8.95. The average Bonchev–Trinajstić information content (AvgIpc) is 3.00. The Hall–Kier alpha value is -3.04. The zero-order chi connectivity index (χ0) is 26.2. The average molecular weight is 476 g/mol. The van der Waals surface area contributed by atoms with E-state index in [1.54, 1.807) is 14.2 Å². The van der Waals surface area contributed by atoms with E-state index in [0.29, 0.717) is 0 Å². The standard InChI is InChI=1S/C21H19N.C7H14O2.2C2H6/c1-15-9-10-17-11-12-21-19(20(17)13-15)8-4-7-16-5-2-3-6-18(16)14-22-21;1-6(8-3)5-7(2)9-4;2*1-2/h2-6,8-13,22H,7,14H2,1H3;5-6H,1-4H3;2*1-2H3/b8-4-;7-5-;;. The van der Waals surface area contributed by atoms with Gasteiger partial charge in [-0.15, -0.1) is 0 Å². The number of benzene rings is 3. The van der Waals surface area contributed by atoms with Gasteiger partial charge in [0.15, 0.2) is 0 Å². The molecule has 190 valence electrons. The predicted molar refractivity (Wildman–Crippen MR) is 155 cm³/mol. The largest absolute Gasteiger partial charge is 0.502 e. The summed E-state index contributed by atoms with van der Waals surface area (Å²) in [6, 6.07) is 19.8. The van der Waals surface area contributed by atoms with Crippen LogP contribution < -0.4 is 5.32 Å². The molecule has 0 aromatic heterocycles. The van der Waals surface area contributed by atoms with E-state index in [9.17, 15) is 0 Å². The smallest absolute Gasteiger partial charge is 0.0910 e. The molecule has 0 saturated carbocycles. The number of ether oxygens (including phenoxy) is 2. The van der Waals surface area contributed by atoms with Gasteiger partial charge in [0.2, 0.25) is 0 Å². The molecule has 0 fully saturated rings. The van der Waals surface area contributed by atoms with Gasteiger partial charge in [-0.2, -0.15) is 0 Å². The first-order chi connectivity index (χ1) is 17.0. The number of methoxy groups -OCH3 is 2. The number of allylic oxidation sites excluding steroid dienone is 2. The zero-order valence-corrected chi connectivity index (χ0v) is 23.2. The van der Waals surface area contributed by atoms with Gasteiger partial charge in [0, 0.05) is 24.9 Å². The highest BCUT2D eigenvalue weighted by atomic mass is 16.5. The molecular formula is C32H45NO2. The fourth-order valence-electron chi connectivity index (χ4n) is 3.68. The first-order valence-corrected chi connectivity index (χ1v) is 12.8. The Kier molecular flexibility index (Phi) is 14.2. The third-order valence-electron chi connectivity index (χ3n) is 5.59. The molecule has 0 bridgehead atoms. The summed E-state index contributed by atoms with van der Waals surface area (Å²) < 4.78 is 9.87. The van der Waals surface area contributed by atoms with Crippen molar-refractivity contribution in [3.8, 4) is 0 Å². The molecule has 1 aliphatic rings. The molecule has 0 saturated heterocycles. The van der Waals surface area contributed by atoms with Crippen molar-refractivity contribution >= 4 is 22.5 Å². The highest BCUT2D eigenvalue weighted by Crippen LogP contribution is 2.30. The van der Waals surface area contributed by atoms with Gasteiger partial charge in [-0.05, 0) is 61.2 Å². The third-order valence-corrected chi connectivity index (χ3v) is 5.59. The van der Waals surface area contributed by atoms with Crippen LogP contribution in [0, 0.1) is 6.92 Å². The molecular weight excluding hydrogens is 430 g/mol. The number of anilines is 1. The molecule has 3 aromatic rings. The van der Waals surface area contributed by atoms with Crippen molar-refractivity contribution in [1.29, 1.82) is 0 Å². The van der Waals surface area contributed by atoms with Crippen LogP contribution in [0.4, 0.5) is 5.69 Å². The summed E-state index contributed by atoms with van der Waals surface area (Å²) >= 11 is 0. The summed E-state index contributed by atoms with van der Waals surface area (Å²) in [6.45, 7) is 14.9. The second-order valence-electron chi connectivity index (χ2n) is 7.90. The first-order valence-electron chi connectivity index (χ1n) is 12.8. The lowest BCUT2D eigenvalue weighted by Gasteiger charge is -2.13. The van der Waals surface area contributed by atoms with Gasteiger partial charge >= 0.3 is 0 Å². The van der Waals surface area contributed by atoms with Gasteiger partial charge in [0.05, 0.1) is 19.0 Å². The fourth-order valence-corrected chi connectivity index (χ4v) is 3.68. The number of nitrogens with one attached hydrogen (secondary N) is 1. The molecule has 0 radical (unpaired) electrons. The van der Waals surface area contributed by atoms with Crippen LogP contribution in [0.3, 0.4) is 0 Å². The Morgan fingerprint density at radius 3 is 2.26 bits per heavy atom. The third kappa shape index (κ3) is 9.26. The van der Waals surface area contributed by atoms with E-state index in [2.05, 4.69) is 79.0 Å². The number of aryl methyl sites for hydroxylation is 1. The van der Waals surface area contributed by atoms with Crippen LogP contribution in [0.1, 0.15) is 63.8 Å². The Bertz CT molecular complexity index is 1080. The number of hydrogen-bond acceptors (Lipinski definition) is 3. The molecule has 0 aliphatic carbocycles. The van der Waals surface area contributed by atoms with Crippen LogP contribution in [0.2, 0.25) is 0 Å². The second-order valence-corrected chi connectivity index (χ2v) is 7.90. The molecule has 3 aromatic carbocycles. The minimum Gasteiger partial charge on any atom is -0.502 e. The molecule has 0 amide bonds. The van der Waals surface area contributed by atoms with Gasteiger partial charge in [-0.25, -0.2) is 0 Å². The van der Waals surface area contributed by atoms with Crippen molar-refractivity contribution in [2.75, 3.05) is 19.5 Å². The lowest BCUT2D eigenvalue weighted by molar-refractivity contribution is 0.150. The topological polar surface area (TPSA) is 30.5 Å². The molecule has 1 atom stereocenters. The van der Waals surface area contributed by atoms with E-state index in [0.717, 1.165) is 18.7 Å². The van der Waals surface area contributed by atoms with E-state index < -0.39 is 0 Å². The Morgan fingerprint density at radius 2 is 1.60 bits per heavy atom. The van der Waals surface area contributed by atoms with Crippen molar-refractivity contribution in [3.63, 3.8) is 0 Å². The van der Waals surface area contributed by atoms with Gasteiger partial charge < -0.3 is 14.8 Å². The minimum atomic E-state index is 0.143. The molecule has 1 aliphatic heterocycles. The minimum absolute atomic E-state index is 0.143. The van der Waals surface area contributed by atoms with Gasteiger partial charge in [-0.1, -0.05) is 93.9 Å². The normalized spacial score (nSPS) is 13.7. The lowest BCUT2D eigenvalue weighted by Crippen LogP contribution is -2.03. The van der Waals surface area contributed by atoms with E-state index in [4.69, 9.17) is 9.47 Å². The van der Waals surface area contributed by atoms with E-state index >= 15 is 0 Å². The molecule has 1 unspecified atom stereocenters. The fraction of sp³-hybridized carbons (Fsp3) is 0.375. The molecule has 1 heterocycles. The summed E-state index contributed by atoms with van der Waals surface area (Å²) in [5.74, 6) is 0.893. The van der Waals surface area contributed by atoms with Crippen LogP contribution in [0.25, 0.3) is 16.8 Å². The van der Waals surface area contributed by atoms with E-state index in [-0.39, 0.29) is 6.10 Å². The SMILES string of the molecule is CC.CC.CO/C(C)=C\C(C)OC.Cc1ccc2ccc3c(c2c1)/C=C\Cc1ccccc1CN3. The Morgan fingerprint density at radius 1 is 0.943 bits per heavy atom. The number of hydrogen-bond donors (Lipinski definition) is 1. The van der Waals surface area contributed by atoms with Crippen molar-refractivity contribution in [2.45, 2.75) is 67.5 Å². The van der Waals surface area contributed by atoms with E-state index in [1.165, 1.54) is 38.7 Å². The first kappa shape index (κ1) is 30.0. The molecule has 3 nitrogen and oxygen atoms in total. The number of rotatable bonds is 3. The molecule has 3 heteroatoms. The maximum absolute atomic E-state index is 4.97. The Balaban J connectivity index is 0.000000401. The second kappa shape index (κ2) is 16.6. The molecule has 35 heavy (non-hydrogen) atoms. The van der Waals surface area contributed by atoms with Crippen LogP contribution in [0.5, 0.6) is 0 Å². The summed E-state index contributed by atoms with van der Waals surface area (Å²) in [5, 5.41) is 6.25. The van der Waals surface area contributed by atoms with E-state index in [1.807, 2.05) is 47.6 Å². The summed E-state index contributed by atoms with van der Waals surface area (Å²) in [4.78, 5) is 0. The quantitative estimate of drug-likeness (QED) is 0.383. The summed E-state index contributed by atoms with van der Waals surface area (Å²) in [5.41, 5.74) is 6.60.